The third kappa shape index (κ3) is 4.35. The first kappa shape index (κ1) is 15.7. The van der Waals surface area contributed by atoms with Crippen LogP contribution in [0.3, 0.4) is 0 Å². The van der Waals surface area contributed by atoms with Crippen molar-refractivity contribution in [2.75, 3.05) is 5.32 Å². The minimum absolute atomic E-state index is 0.164. The van der Waals surface area contributed by atoms with Gasteiger partial charge in [-0.15, -0.1) is 0 Å². The van der Waals surface area contributed by atoms with Crippen LogP contribution in [-0.4, -0.2) is 22.1 Å². The van der Waals surface area contributed by atoms with Crippen molar-refractivity contribution in [2.24, 2.45) is 11.7 Å². The van der Waals surface area contributed by atoms with E-state index in [1.807, 2.05) is 19.9 Å². The first-order chi connectivity index (χ1) is 8.99. The van der Waals surface area contributed by atoms with Crippen LogP contribution in [0.1, 0.15) is 58.6 Å². The van der Waals surface area contributed by atoms with Gasteiger partial charge >= 0.3 is 0 Å². The van der Waals surface area contributed by atoms with Crippen molar-refractivity contribution < 1.29 is 4.79 Å². The number of aromatic amines is 1. The van der Waals surface area contributed by atoms with E-state index in [2.05, 4.69) is 29.4 Å². The first-order valence-corrected chi connectivity index (χ1v) is 7.11. The van der Waals surface area contributed by atoms with Crippen molar-refractivity contribution in [1.29, 1.82) is 0 Å². The van der Waals surface area contributed by atoms with E-state index < -0.39 is 6.04 Å². The molecule has 3 unspecified atom stereocenters. The van der Waals surface area contributed by atoms with Gasteiger partial charge in [-0.25, -0.2) is 0 Å². The number of rotatable bonds is 7. The fraction of sp³-hybridized carbons (Fsp3) is 0.714. The third-order valence-electron chi connectivity index (χ3n) is 3.66. The van der Waals surface area contributed by atoms with Crippen LogP contribution in [-0.2, 0) is 4.79 Å². The fourth-order valence-corrected chi connectivity index (χ4v) is 1.96. The molecule has 1 amide bonds. The van der Waals surface area contributed by atoms with E-state index in [9.17, 15) is 4.79 Å². The highest BCUT2D eigenvalue weighted by atomic mass is 16.2. The number of carbonyl (C=O) groups excluding carboxylic acids is 1. The van der Waals surface area contributed by atoms with Crippen molar-refractivity contribution in [3.63, 3.8) is 0 Å². The number of nitrogens with one attached hydrogen (secondary N) is 2. The summed E-state index contributed by atoms with van der Waals surface area (Å²) in [5, 5.41) is 9.85. The molecule has 19 heavy (non-hydrogen) atoms. The van der Waals surface area contributed by atoms with Gasteiger partial charge in [-0.3, -0.25) is 9.89 Å². The molecule has 0 radical (unpaired) electrons. The average molecular weight is 266 g/mol. The molecule has 5 nitrogen and oxygen atoms in total. The standard InChI is InChI=1S/C14H26N4O/c1-5-7-10(4)11-8-12(18-17-11)16-14(19)13(15)9(3)6-2/h8-10,13H,5-7,15H2,1-4H3,(H2,16,17,18,19). The van der Waals surface area contributed by atoms with Crippen LogP contribution >= 0.6 is 0 Å². The van der Waals surface area contributed by atoms with Crippen molar-refractivity contribution in [1.82, 2.24) is 10.2 Å². The summed E-state index contributed by atoms with van der Waals surface area (Å²) < 4.78 is 0. The van der Waals surface area contributed by atoms with Crippen LogP contribution in [0.2, 0.25) is 0 Å². The molecule has 0 fully saturated rings. The molecule has 4 N–H and O–H groups in total. The molecular formula is C14H26N4O. The molecule has 1 heterocycles. The van der Waals surface area contributed by atoms with Crippen LogP contribution in [0.15, 0.2) is 6.07 Å². The predicted molar refractivity (Wildman–Crippen MR) is 78.0 cm³/mol. The van der Waals surface area contributed by atoms with Crippen LogP contribution in [0, 0.1) is 5.92 Å². The van der Waals surface area contributed by atoms with Crippen LogP contribution in [0.25, 0.3) is 0 Å². The highest BCUT2D eigenvalue weighted by Crippen LogP contribution is 2.20. The number of nitrogens with zero attached hydrogens (tertiary/aromatic N) is 1. The summed E-state index contributed by atoms with van der Waals surface area (Å²) >= 11 is 0. The quantitative estimate of drug-likeness (QED) is 0.709. The lowest BCUT2D eigenvalue weighted by Gasteiger charge is -2.16. The zero-order valence-corrected chi connectivity index (χ0v) is 12.4. The van der Waals surface area contributed by atoms with Crippen molar-refractivity contribution in [3.8, 4) is 0 Å². The molecule has 1 aromatic rings. The van der Waals surface area contributed by atoms with Crippen LogP contribution < -0.4 is 11.1 Å². The maximum atomic E-state index is 11.9. The van der Waals surface area contributed by atoms with E-state index in [1.165, 1.54) is 0 Å². The fourth-order valence-electron chi connectivity index (χ4n) is 1.96. The second kappa shape index (κ2) is 7.28. The third-order valence-corrected chi connectivity index (χ3v) is 3.66. The minimum atomic E-state index is -0.488. The van der Waals surface area contributed by atoms with Crippen molar-refractivity contribution in [2.45, 2.75) is 58.9 Å². The molecule has 1 rings (SSSR count). The second-order valence-corrected chi connectivity index (χ2v) is 5.30. The monoisotopic (exact) mass is 266 g/mol. The van der Waals surface area contributed by atoms with Gasteiger partial charge in [-0.1, -0.05) is 40.5 Å². The number of amides is 1. The molecular weight excluding hydrogens is 240 g/mol. The molecule has 5 heteroatoms. The van der Waals surface area contributed by atoms with Crippen molar-refractivity contribution in [3.05, 3.63) is 11.8 Å². The van der Waals surface area contributed by atoms with Gasteiger partial charge in [0.25, 0.3) is 0 Å². The summed E-state index contributed by atoms with van der Waals surface area (Å²) in [5.41, 5.74) is 6.93. The molecule has 0 aliphatic carbocycles. The Kier molecular flexibility index (Phi) is 6.02. The Balaban J connectivity index is 2.60. The van der Waals surface area contributed by atoms with E-state index in [1.54, 1.807) is 0 Å². The second-order valence-electron chi connectivity index (χ2n) is 5.30. The zero-order valence-electron chi connectivity index (χ0n) is 12.4. The molecule has 0 aliphatic heterocycles. The largest absolute Gasteiger partial charge is 0.320 e. The van der Waals surface area contributed by atoms with E-state index in [0.29, 0.717) is 11.7 Å². The number of anilines is 1. The number of carbonyl (C=O) groups is 1. The number of H-pyrrole nitrogens is 1. The van der Waals surface area contributed by atoms with Gasteiger partial charge in [0, 0.05) is 11.8 Å². The Morgan fingerprint density at radius 1 is 1.47 bits per heavy atom. The van der Waals surface area contributed by atoms with Gasteiger partial charge in [0.05, 0.1) is 6.04 Å². The highest BCUT2D eigenvalue weighted by Gasteiger charge is 2.20. The lowest BCUT2D eigenvalue weighted by molar-refractivity contribution is -0.118. The van der Waals surface area contributed by atoms with Gasteiger partial charge in [-0.2, -0.15) is 5.10 Å². The lowest BCUT2D eigenvalue weighted by atomic mass is 9.99. The Hall–Kier alpha value is -1.36. The van der Waals surface area contributed by atoms with Gasteiger partial charge in [0.2, 0.25) is 5.91 Å². The Labute approximate surface area is 115 Å². The lowest BCUT2D eigenvalue weighted by Crippen LogP contribution is -2.40. The van der Waals surface area contributed by atoms with E-state index in [-0.39, 0.29) is 11.8 Å². The molecule has 0 saturated carbocycles. The summed E-state index contributed by atoms with van der Waals surface area (Å²) in [4.78, 5) is 11.9. The molecule has 0 bridgehead atoms. The molecule has 0 aromatic carbocycles. The Morgan fingerprint density at radius 3 is 2.74 bits per heavy atom. The summed E-state index contributed by atoms with van der Waals surface area (Å²) in [5.74, 6) is 0.973. The summed E-state index contributed by atoms with van der Waals surface area (Å²) in [7, 11) is 0. The number of aromatic nitrogens is 2. The summed E-state index contributed by atoms with van der Waals surface area (Å²) in [6.45, 7) is 8.30. The van der Waals surface area contributed by atoms with E-state index >= 15 is 0 Å². The molecule has 0 aliphatic rings. The van der Waals surface area contributed by atoms with E-state index in [4.69, 9.17) is 5.73 Å². The Morgan fingerprint density at radius 2 is 2.16 bits per heavy atom. The molecule has 0 saturated heterocycles. The smallest absolute Gasteiger partial charge is 0.242 e. The summed E-state index contributed by atoms with van der Waals surface area (Å²) in [6.07, 6.45) is 3.11. The first-order valence-electron chi connectivity index (χ1n) is 7.11. The zero-order chi connectivity index (χ0) is 14.4. The number of hydrogen-bond acceptors (Lipinski definition) is 3. The molecule has 3 atom stereocenters. The number of nitrogens with two attached hydrogens (primary N) is 1. The van der Waals surface area contributed by atoms with Crippen molar-refractivity contribution >= 4 is 11.7 Å². The van der Waals surface area contributed by atoms with Gasteiger partial charge in [0.1, 0.15) is 0 Å². The van der Waals surface area contributed by atoms with Gasteiger partial charge < -0.3 is 11.1 Å². The van der Waals surface area contributed by atoms with Crippen LogP contribution in [0.4, 0.5) is 5.82 Å². The maximum absolute atomic E-state index is 11.9. The normalized spacial score (nSPS) is 15.8. The van der Waals surface area contributed by atoms with Gasteiger partial charge in [0.15, 0.2) is 5.82 Å². The molecule has 1 aromatic heterocycles. The minimum Gasteiger partial charge on any atom is -0.320 e. The molecule has 0 spiro atoms. The average Bonchev–Trinajstić information content (AvgIpc) is 2.85. The topological polar surface area (TPSA) is 83.8 Å². The predicted octanol–water partition coefficient (Wildman–Crippen LogP) is 2.63. The summed E-state index contributed by atoms with van der Waals surface area (Å²) in [6, 6.07) is 1.40. The van der Waals surface area contributed by atoms with E-state index in [0.717, 1.165) is 25.0 Å². The highest BCUT2D eigenvalue weighted by molar-refractivity contribution is 5.94. The van der Waals surface area contributed by atoms with Gasteiger partial charge in [-0.05, 0) is 18.3 Å². The number of hydrogen-bond donors (Lipinski definition) is 3. The Bertz CT molecular complexity index is 402. The van der Waals surface area contributed by atoms with Crippen LogP contribution in [0.5, 0.6) is 0 Å². The SMILES string of the molecule is CCCC(C)c1cc(NC(=O)C(N)C(C)CC)n[nH]1. The molecule has 108 valence electrons. The maximum Gasteiger partial charge on any atom is 0.242 e.